The van der Waals surface area contributed by atoms with E-state index in [1.54, 1.807) is 26.0 Å². The highest BCUT2D eigenvalue weighted by atomic mass is 32.2. The first-order chi connectivity index (χ1) is 13.6. The van der Waals surface area contributed by atoms with Crippen LogP contribution < -0.4 is 15.0 Å². The van der Waals surface area contributed by atoms with Crippen LogP contribution in [0, 0.1) is 0 Å². The predicted molar refractivity (Wildman–Crippen MR) is 114 cm³/mol. The lowest BCUT2D eigenvalue weighted by Crippen LogP contribution is -2.14. The van der Waals surface area contributed by atoms with Gasteiger partial charge in [0.1, 0.15) is 0 Å². The van der Waals surface area contributed by atoms with Crippen molar-refractivity contribution in [3.63, 3.8) is 0 Å². The average molecular weight is 402 g/mol. The Hall–Kier alpha value is -2.15. The van der Waals surface area contributed by atoms with Crippen molar-refractivity contribution in [1.82, 2.24) is 9.78 Å². The molecule has 2 aliphatic rings. The number of nitrogens with zero attached hydrogens (tertiary/aromatic N) is 2. The Morgan fingerprint density at radius 3 is 2.50 bits per heavy atom. The van der Waals surface area contributed by atoms with Crippen molar-refractivity contribution in [3.05, 3.63) is 39.7 Å². The van der Waals surface area contributed by atoms with E-state index in [4.69, 9.17) is 14.5 Å². The molecule has 1 aromatic heterocycles. The number of ether oxygens (including phenoxy) is 2. The summed E-state index contributed by atoms with van der Waals surface area (Å²) in [7, 11) is 3.25. The summed E-state index contributed by atoms with van der Waals surface area (Å²) in [5.74, 6) is 2.15. The average Bonchev–Trinajstić information content (AvgIpc) is 2.88. The number of rotatable bonds is 4. The van der Waals surface area contributed by atoms with Crippen molar-refractivity contribution in [2.75, 3.05) is 14.2 Å². The van der Waals surface area contributed by atoms with Gasteiger partial charge in [-0.2, -0.15) is 0 Å². The van der Waals surface area contributed by atoms with Crippen molar-refractivity contribution in [2.45, 2.75) is 56.7 Å². The third-order valence-electron chi connectivity index (χ3n) is 5.65. The number of aliphatic imine (C=N–C) groups is 1. The zero-order valence-electron chi connectivity index (χ0n) is 16.7. The maximum atomic E-state index is 13.0. The van der Waals surface area contributed by atoms with Gasteiger partial charge in [-0.15, -0.1) is 0 Å². The molecular weight excluding hydrogens is 374 g/mol. The van der Waals surface area contributed by atoms with Gasteiger partial charge < -0.3 is 9.47 Å². The Bertz CT molecular complexity index is 939. The van der Waals surface area contributed by atoms with Crippen LogP contribution in [0.1, 0.15) is 67.9 Å². The SMILES string of the molecule is COc1ccc([C@@H]2SC(C)=Nc3c2c(=O)[nH]n3C2CCCCCC2)cc1OC. The molecule has 0 spiro atoms. The molecule has 1 aliphatic carbocycles. The largest absolute Gasteiger partial charge is 0.493 e. The monoisotopic (exact) mass is 401 g/mol. The number of H-pyrrole nitrogens is 1. The van der Waals surface area contributed by atoms with Crippen molar-refractivity contribution >= 4 is 22.6 Å². The minimum absolute atomic E-state index is 0.0391. The Morgan fingerprint density at radius 2 is 1.82 bits per heavy atom. The molecular formula is C21H27N3O3S. The Balaban J connectivity index is 1.78. The minimum atomic E-state index is -0.108. The molecule has 1 aromatic carbocycles. The summed E-state index contributed by atoms with van der Waals surface area (Å²) in [6.45, 7) is 2.01. The summed E-state index contributed by atoms with van der Waals surface area (Å²) in [5, 5.41) is 3.97. The molecule has 2 heterocycles. The van der Waals surface area contributed by atoms with Gasteiger partial charge in [-0.05, 0) is 37.5 Å². The van der Waals surface area contributed by atoms with Crippen LogP contribution in [0.4, 0.5) is 5.82 Å². The van der Waals surface area contributed by atoms with E-state index >= 15 is 0 Å². The third-order valence-corrected chi connectivity index (χ3v) is 6.83. The van der Waals surface area contributed by atoms with Crippen LogP contribution >= 0.6 is 11.8 Å². The van der Waals surface area contributed by atoms with Crippen LogP contribution in [-0.2, 0) is 0 Å². The van der Waals surface area contributed by atoms with Crippen molar-refractivity contribution in [1.29, 1.82) is 0 Å². The van der Waals surface area contributed by atoms with Crippen molar-refractivity contribution < 1.29 is 9.47 Å². The topological polar surface area (TPSA) is 68.6 Å². The molecule has 0 amide bonds. The quantitative estimate of drug-likeness (QED) is 0.734. The zero-order valence-corrected chi connectivity index (χ0v) is 17.5. The molecule has 1 atom stereocenters. The number of benzene rings is 1. The van der Waals surface area contributed by atoms with Gasteiger partial charge in [-0.25, -0.2) is 4.99 Å². The highest BCUT2D eigenvalue weighted by molar-refractivity contribution is 8.14. The summed E-state index contributed by atoms with van der Waals surface area (Å²) in [5.41, 5.74) is 1.72. The second-order valence-electron chi connectivity index (χ2n) is 7.44. The van der Waals surface area contributed by atoms with Gasteiger partial charge in [0.05, 0.1) is 36.1 Å². The molecule has 0 radical (unpaired) electrons. The van der Waals surface area contributed by atoms with Crippen LogP contribution in [0.2, 0.25) is 0 Å². The fourth-order valence-electron chi connectivity index (χ4n) is 4.24. The lowest BCUT2D eigenvalue weighted by molar-refractivity contribution is 0.354. The summed E-state index contributed by atoms with van der Waals surface area (Å²) in [6.07, 6.45) is 7.15. The van der Waals surface area contributed by atoms with Gasteiger partial charge in [-0.3, -0.25) is 14.6 Å². The van der Waals surface area contributed by atoms with Gasteiger partial charge in [0, 0.05) is 0 Å². The van der Waals surface area contributed by atoms with Crippen LogP contribution in [0.5, 0.6) is 11.5 Å². The summed E-state index contributed by atoms with van der Waals surface area (Å²) in [4.78, 5) is 17.7. The predicted octanol–water partition coefficient (Wildman–Crippen LogP) is 4.98. The lowest BCUT2D eigenvalue weighted by atomic mass is 10.0. The van der Waals surface area contributed by atoms with E-state index in [0.29, 0.717) is 17.5 Å². The zero-order chi connectivity index (χ0) is 19.7. The molecule has 2 aromatic rings. The van der Waals surface area contributed by atoms with Gasteiger partial charge in [0.15, 0.2) is 17.3 Å². The number of fused-ring (bicyclic) bond motifs is 1. The molecule has 1 N–H and O–H groups in total. The molecule has 150 valence electrons. The second kappa shape index (κ2) is 8.07. The van der Waals surface area contributed by atoms with Gasteiger partial charge in [-0.1, -0.05) is 43.5 Å². The van der Waals surface area contributed by atoms with E-state index < -0.39 is 0 Å². The summed E-state index contributed by atoms with van der Waals surface area (Å²) >= 11 is 1.61. The maximum absolute atomic E-state index is 13.0. The number of aromatic amines is 1. The number of hydrogen-bond acceptors (Lipinski definition) is 5. The normalized spacial score (nSPS) is 20.2. The number of methoxy groups -OCH3 is 2. The Morgan fingerprint density at radius 1 is 1.11 bits per heavy atom. The molecule has 4 rings (SSSR count). The first kappa shape index (κ1) is 19.2. The van der Waals surface area contributed by atoms with Gasteiger partial charge in [0.2, 0.25) is 0 Å². The maximum Gasteiger partial charge on any atom is 0.271 e. The fraction of sp³-hybridized carbons (Fsp3) is 0.524. The van der Waals surface area contributed by atoms with Crippen molar-refractivity contribution in [3.8, 4) is 11.5 Å². The molecule has 7 heteroatoms. The number of aromatic nitrogens is 2. The van der Waals surface area contributed by atoms with E-state index in [1.165, 1.54) is 25.7 Å². The number of thioether (sulfide) groups is 1. The standard InChI is InChI=1S/C21H27N3O3S/c1-13-22-20-18(21(25)23-24(20)15-8-6-4-5-7-9-15)19(28-13)14-10-11-16(26-2)17(12-14)27-3/h10-12,15,19H,4-9H2,1-3H3,(H,23,25)/t19-/m0/s1. The van der Waals surface area contributed by atoms with E-state index in [-0.39, 0.29) is 10.8 Å². The van der Waals surface area contributed by atoms with Gasteiger partial charge >= 0.3 is 0 Å². The van der Waals surface area contributed by atoms with Crippen molar-refractivity contribution in [2.24, 2.45) is 4.99 Å². The summed E-state index contributed by atoms with van der Waals surface area (Å²) < 4.78 is 12.9. The molecule has 1 fully saturated rings. The highest BCUT2D eigenvalue weighted by Gasteiger charge is 2.32. The van der Waals surface area contributed by atoms with E-state index in [0.717, 1.165) is 34.8 Å². The van der Waals surface area contributed by atoms with Gasteiger partial charge in [0.25, 0.3) is 5.56 Å². The fourth-order valence-corrected chi connectivity index (χ4v) is 5.33. The van der Waals surface area contributed by atoms with Crippen LogP contribution in [0.15, 0.2) is 28.0 Å². The first-order valence-electron chi connectivity index (χ1n) is 9.90. The Kier molecular flexibility index (Phi) is 5.53. The second-order valence-corrected chi connectivity index (χ2v) is 8.73. The van der Waals surface area contributed by atoms with E-state index in [9.17, 15) is 4.79 Å². The smallest absolute Gasteiger partial charge is 0.271 e. The molecule has 6 nitrogen and oxygen atoms in total. The molecule has 0 bridgehead atoms. The lowest BCUT2D eigenvalue weighted by Gasteiger charge is -2.23. The molecule has 28 heavy (non-hydrogen) atoms. The first-order valence-corrected chi connectivity index (χ1v) is 10.8. The minimum Gasteiger partial charge on any atom is -0.493 e. The number of hydrogen-bond donors (Lipinski definition) is 1. The third kappa shape index (κ3) is 3.48. The van der Waals surface area contributed by atoms with Crippen LogP contribution in [0.3, 0.4) is 0 Å². The highest BCUT2D eigenvalue weighted by Crippen LogP contribution is 2.46. The molecule has 0 saturated heterocycles. The Labute approximate surface area is 169 Å². The number of nitrogens with one attached hydrogen (secondary N) is 1. The molecule has 0 unspecified atom stereocenters. The molecule has 1 saturated carbocycles. The van der Waals surface area contributed by atoms with E-state index in [2.05, 4.69) is 5.10 Å². The van der Waals surface area contributed by atoms with E-state index in [1.807, 2.05) is 29.8 Å². The summed E-state index contributed by atoms with van der Waals surface area (Å²) in [6, 6.07) is 6.18. The van der Waals surface area contributed by atoms with Crippen LogP contribution in [-0.4, -0.2) is 29.0 Å². The molecule has 1 aliphatic heterocycles. The van der Waals surface area contributed by atoms with Crippen LogP contribution in [0.25, 0.3) is 0 Å².